The van der Waals surface area contributed by atoms with Crippen molar-refractivity contribution in [2.45, 2.75) is 13.8 Å². The maximum absolute atomic E-state index is 12.4. The minimum absolute atomic E-state index is 0.178. The van der Waals surface area contributed by atoms with Gasteiger partial charge in [0.15, 0.2) is 11.6 Å². The zero-order chi connectivity index (χ0) is 24.5. The van der Waals surface area contributed by atoms with Crippen LogP contribution in [0.2, 0.25) is 0 Å². The van der Waals surface area contributed by atoms with E-state index in [-0.39, 0.29) is 23.4 Å². The molecule has 6 nitrogen and oxygen atoms in total. The van der Waals surface area contributed by atoms with Crippen molar-refractivity contribution in [2.75, 3.05) is 10.6 Å². The fourth-order valence-electron chi connectivity index (χ4n) is 3.16. The summed E-state index contributed by atoms with van der Waals surface area (Å²) in [6.07, 6.45) is 6.37. The van der Waals surface area contributed by atoms with Gasteiger partial charge in [-0.15, -0.1) is 0 Å². The van der Waals surface area contributed by atoms with E-state index in [1.54, 1.807) is 60.7 Å². The number of hydrogen-bond donors (Lipinski definition) is 2. The molecule has 0 fully saturated rings. The summed E-state index contributed by atoms with van der Waals surface area (Å²) < 4.78 is 0. The Bertz CT molecular complexity index is 1190. The van der Waals surface area contributed by atoms with Crippen molar-refractivity contribution in [2.24, 2.45) is 0 Å². The Labute approximate surface area is 198 Å². The van der Waals surface area contributed by atoms with E-state index in [4.69, 9.17) is 0 Å². The highest BCUT2D eigenvalue weighted by molar-refractivity contribution is 6.08. The van der Waals surface area contributed by atoms with Gasteiger partial charge in [-0.1, -0.05) is 60.7 Å². The van der Waals surface area contributed by atoms with Gasteiger partial charge in [-0.3, -0.25) is 19.2 Å². The third-order valence-corrected chi connectivity index (χ3v) is 4.73. The number of carbonyl (C=O) groups excluding carboxylic acids is 4. The van der Waals surface area contributed by atoms with Crippen molar-refractivity contribution in [1.82, 2.24) is 0 Å². The topological polar surface area (TPSA) is 92.3 Å². The highest BCUT2D eigenvalue weighted by Crippen LogP contribution is 2.15. The Morgan fingerprint density at radius 3 is 1.32 bits per heavy atom. The van der Waals surface area contributed by atoms with Crippen LogP contribution in [0, 0.1) is 0 Å². The quantitative estimate of drug-likeness (QED) is 0.354. The van der Waals surface area contributed by atoms with Crippen molar-refractivity contribution >= 4 is 46.9 Å². The predicted molar refractivity (Wildman–Crippen MR) is 135 cm³/mol. The molecular weight excluding hydrogens is 428 g/mol. The number of benzene rings is 3. The van der Waals surface area contributed by atoms with Crippen LogP contribution in [0.4, 0.5) is 11.4 Å². The molecule has 0 aromatic heterocycles. The van der Waals surface area contributed by atoms with Gasteiger partial charge in [0, 0.05) is 36.3 Å². The summed E-state index contributed by atoms with van der Waals surface area (Å²) in [5.74, 6) is -0.754. The van der Waals surface area contributed by atoms with Crippen LogP contribution in [0.5, 0.6) is 0 Å². The molecule has 2 amide bonds. The van der Waals surface area contributed by atoms with Crippen molar-refractivity contribution in [3.05, 3.63) is 107 Å². The van der Waals surface area contributed by atoms with Crippen molar-refractivity contribution in [3.63, 3.8) is 0 Å². The van der Waals surface area contributed by atoms with Crippen molar-refractivity contribution < 1.29 is 19.2 Å². The lowest BCUT2D eigenvalue weighted by atomic mass is 10.1. The summed E-state index contributed by atoms with van der Waals surface area (Å²) in [4.78, 5) is 47.3. The van der Waals surface area contributed by atoms with Gasteiger partial charge >= 0.3 is 0 Å². The molecule has 2 N–H and O–H groups in total. The second-order valence-corrected chi connectivity index (χ2v) is 7.59. The molecule has 0 unspecified atom stereocenters. The lowest BCUT2D eigenvalue weighted by Crippen LogP contribution is -2.06. The molecule has 0 saturated heterocycles. The number of ketones is 2. The summed E-state index contributed by atoms with van der Waals surface area (Å²) in [6, 6.07) is 20.9. The minimum Gasteiger partial charge on any atom is -0.326 e. The Morgan fingerprint density at radius 1 is 0.588 bits per heavy atom. The average Bonchev–Trinajstić information content (AvgIpc) is 2.81. The zero-order valence-electron chi connectivity index (χ0n) is 18.9. The molecule has 170 valence electrons. The van der Waals surface area contributed by atoms with E-state index in [0.29, 0.717) is 22.5 Å². The zero-order valence-corrected chi connectivity index (χ0v) is 18.9. The van der Waals surface area contributed by atoms with E-state index in [1.165, 1.54) is 26.0 Å². The van der Waals surface area contributed by atoms with Gasteiger partial charge in [0.05, 0.1) is 0 Å². The Hall–Kier alpha value is -4.58. The standard InChI is InChI=1S/C28H24N2O4/c1-19(31)29-25-7-3-5-23(17-25)27(33)15-13-21-9-11-22(12-10-21)14-16-28(34)24-6-4-8-26(18-24)30-20(2)32/h3-18H,1-2H3,(H,29,31)(H,30,32)/b15-13+,16-14+. The van der Waals surface area contributed by atoms with E-state index < -0.39 is 0 Å². The first-order chi connectivity index (χ1) is 16.3. The van der Waals surface area contributed by atoms with Crippen LogP contribution in [-0.4, -0.2) is 23.4 Å². The lowest BCUT2D eigenvalue weighted by molar-refractivity contribution is -0.115. The summed E-state index contributed by atoms with van der Waals surface area (Å²) in [7, 11) is 0. The number of hydrogen-bond acceptors (Lipinski definition) is 4. The monoisotopic (exact) mass is 452 g/mol. The van der Waals surface area contributed by atoms with E-state index in [0.717, 1.165) is 11.1 Å². The number of amides is 2. The van der Waals surface area contributed by atoms with Crippen LogP contribution in [0.3, 0.4) is 0 Å². The molecule has 0 radical (unpaired) electrons. The van der Waals surface area contributed by atoms with Crippen LogP contribution >= 0.6 is 0 Å². The lowest BCUT2D eigenvalue weighted by Gasteiger charge is -2.03. The molecule has 0 aliphatic carbocycles. The summed E-state index contributed by atoms with van der Waals surface area (Å²) in [6.45, 7) is 2.82. The first-order valence-electron chi connectivity index (χ1n) is 10.6. The molecule has 34 heavy (non-hydrogen) atoms. The second kappa shape index (κ2) is 11.3. The SMILES string of the molecule is CC(=O)Nc1cccc(C(=O)/C=C/c2ccc(/C=C/C(=O)c3cccc(NC(C)=O)c3)cc2)c1. The summed E-state index contributed by atoms with van der Waals surface area (Å²) in [5, 5.41) is 5.32. The Morgan fingerprint density at radius 2 is 0.971 bits per heavy atom. The Balaban J connectivity index is 1.63. The summed E-state index contributed by atoms with van der Waals surface area (Å²) >= 11 is 0. The molecule has 0 heterocycles. The molecule has 0 saturated carbocycles. The number of anilines is 2. The van der Waals surface area contributed by atoms with Gasteiger partial charge in [0.2, 0.25) is 11.8 Å². The molecular formula is C28H24N2O4. The maximum Gasteiger partial charge on any atom is 0.221 e. The van der Waals surface area contributed by atoms with Crippen LogP contribution in [0.1, 0.15) is 45.7 Å². The highest BCUT2D eigenvalue weighted by Gasteiger charge is 2.05. The number of nitrogens with one attached hydrogen (secondary N) is 2. The molecule has 0 aliphatic heterocycles. The minimum atomic E-state index is -0.200. The molecule has 0 spiro atoms. The van der Waals surface area contributed by atoms with Gasteiger partial charge in [0.1, 0.15) is 0 Å². The highest BCUT2D eigenvalue weighted by atomic mass is 16.2. The second-order valence-electron chi connectivity index (χ2n) is 7.59. The number of carbonyl (C=O) groups is 4. The van der Waals surface area contributed by atoms with Crippen molar-refractivity contribution in [1.29, 1.82) is 0 Å². The van der Waals surface area contributed by atoms with E-state index in [1.807, 2.05) is 24.3 Å². The third kappa shape index (κ3) is 7.24. The van der Waals surface area contributed by atoms with Crippen molar-refractivity contribution in [3.8, 4) is 0 Å². The van der Waals surface area contributed by atoms with Gasteiger partial charge < -0.3 is 10.6 Å². The number of rotatable bonds is 8. The molecule has 0 aliphatic rings. The first-order valence-corrected chi connectivity index (χ1v) is 10.6. The summed E-state index contributed by atoms with van der Waals surface area (Å²) in [5.41, 5.74) is 3.75. The van der Waals surface area contributed by atoms with E-state index in [2.05, 4.69) is 10.6 Å². The maximum atomic E-state index is 12.4. The normalized spacial score (nSPS) is 10.9. The van der Waals surface area contributed by atoms with Gasteiger partial charge in [-0.05, 0) is 47.5 Å². The molecule has 0 atom stereocenters. The fourth-order valence-corrected chi connectivity index (χ4v) is 3.16. The van der Waals surface area contributed by atoms with Crippen LogP contribution < -0.4 is 10.6 Å². The molecule has 3 aromatic carbocycles. The van der Waals surface area contributed by atoms with Gasteiger partial charge in [-0.2, -0.15) is 0 Å². The van der Waals surface area contributed by atoms with Crippen LogP contribution in [0.15, 0.2) is 84.9 Å². The molecule has 6 heteroatoms. The van der Waals surface area contributed by atoms with Crippen LogP contribution in [0.25, 0.3) is 12.2 Å². The first kappa shape index (κ1) is 24.1. The van der Waals surface area contributed by atoms with Gasteiger partial charge in [0.25, 0.3) is 0 Å². The largest absolute Gasteiger partial charge is 0.326 e. The molecule has 3 rings (SSSR count). The van der Waals surface area contributed by atoms with Gasteiger partial charge in [-0.25, -0.2) is 0 Å². The Kier molecular flexibility index (Phi) is 8.02. The predicted octanol–water partition coefficient (Wildman–Crippen LogP) is 5.40. The fraction of sp³-hybridized carbons (Fsp3) is 0.0714. The number of allylic oxidation sites excluding steroid dienone is 2. The average molecular weight is 453 g/mol. The molecule has 3 aromatic rings. The van der Waals surface area contributed by atoms with E-state index >= 15 is 0 Å². The van der Waals surface area contributed by atoms with Crippen LogP contribution in [-0.2, 0) is 9.59 Å². The smallest absolute Gasteiger partial charge is 0.221 e. The van der Waals surface area contributed by atoms with E-state index in [9.17, 15) is 19.2 Å². The molecule has 0 bridgehead atoms. The third-order valence-electron chi connectivity index (χ3n) is 4.73.